The average molecular weight is 222 g/mol. The summed E-state index contributed by atoms with van der Waals surface area (Å²) in [5, 5.41) is 13.1. The van der Waals surface area contributed by atoms with Crippen LogP contribution >= 0.6 is 15.9 Å². The van der Waals surface area contributed by atoms with E-state index in [9.17, 15) is 5.11 Å². The minimum atomic E-state index is 0.0422. The van der Waals surface area contributed by atoms with Crippen LogP contribution in [-0.4, -0.2) is 0 Å². The fourth-order valence-electron chi connectivity index (χ4n) is 1.24. The Morgan fingerprint density at radius 2 is 1.83 bits per heavy atom. The molecule has 1 radical (unpaired) electrons. The van der Waals surface area contributed by atoms with Crippen LogP contribution < -0.4 is 0 Å². The first kappa shape index (κ1) is 7.62. The van der Waals surface area contributed by atoms with E-state index in [1.54, 1.807) is 12.1 Å². The highest BCUT2D eigenvalue weighted by Gasteiger charge is 2.00. The number of hydrogen-bond donors (Lipinski definition) is 0. The number of fused-ring (bicyclic) bond motifs is 1. The fraction of sp³-hybridized carbons (Fsp3) is 0. The Balaban J connectivity index is 2.89. The molecule has 0 aliphatic rings. The molecule has 0 saturated carbocycles. The van der Waals surface area contributed by atoms with E-state index >= 15 is 0 Å². The average Bonchev–Trinajstić information content (AvgIpc) is 2.04. The van der Waals surface area contributed by atoms with Crippen molar-refractivity contribution < 1.29 is 5.11 Å². The molecule has 2 heteroatoms. The van der Waals surface area contributed by atoms with E-state index in [1.165, 1.54) is 0 Å². The Labute approximate surface area is 78.8 Å². The second-order valence-corrected chi connectivity index (χ2v) is 3.48. The smallest absolute Gasteiger partial charge is 0.180 e. The zero-order valence-electron chi connectivity index (χ0n) is 6.25. The fourth-order valence-corrected chi connectivity index (χ4v) is 1.82. The van der Waals surface area contributed by atoms with Gasteiger partial charge in [0.25, 0.3) is 0 Å². The van der Waals surface area contributed by atoms with Crippen molar-refractivity contribution in [3.63, 3.8) is 0 Å². The summed E-state index contributed by atoms with van der Waals surface area (Å²) < 4.78 is 0.866. The highest BCUT2D eigenvalue weighted by atomic mass is 79.9. The van der Waals surface area contributed by atoms with Crippen molar-refractivity contribution in [1.29, 1.82) is 0 Å². The van der Waals surface area contributed by atoms with Crippen LogP contribution in [0.15, 0.2) is 40.9 Å². The topological polar surface area (TPSA) is 19.9 Å². The van der Waals surface area contributed by atoms with Gasteiger partial charge in [-0.05, 0) is 16.8 Å². The standard InChI is InChI=1S/C10H6BrO/c11-10-6-8(12)5-7-3-1-2-4-9(7)10/h1-6H. The van der Waals surface area contributed by atoms with Gasteiger partial charge in [-0.25, -0.2) is 0 Å². The van der Waals surface area contributed by atoms with Gasteiger partial charge in [0.1, 0.15) is 0 Å². The van der Waals surface area contributed by atoms with E-state index in [2.05, 4.69) is 15.9 Å². The predicted molar refractivity (Wildman–Crippen MR) is 51.8 cm³/mol. The van der Waals surface area contributed by atoms with E-state index in [1.807, 2.05) is 24.3 Å². The molecule has 0 aliphatic carbocycles. The summed E-state index contributed by atoms with van der Waals surface area (Å²) in [6, 6.07) is 11.0. The molecule has 1 nitrogen and oxygen atoms in total. The first-order valence-corrected chi connectivity index (χ1v) is 4.42. The Morgan fingerprint density at radius 3 is 2.67 bits per heavy atom. The SMILES string of the molecule is [O]c1cc(Br)c2ccccc2c1. The summed E-state index contributed by atoms with van der Waals surface area (Å²) in [7, 11) is 0. The maximum Gasteiger partial charge on any atom is 0.180 e. The molecule has 0 heterocycles. The molecule has 0 spiro atoms. The van der Waals surface area contributed by atoms with E-state index in [0.29, 0.717) is 0 Å². The molecule has 0 aliphatic heterocycles. The molecular formula is C10H6BrO. The van der Waals surface area contributed by atoms with Crippen molar-refractivity contribution in [1.82, 2.24) is 0 Å². The minimum Gasteiger partial charge on any atom is -0.290 e. The second-order valence-electron chi connectivity index (χ2n) is 2.63. The van der Waals surface area contributed by atoms with Crippen molar-refractivity contribution in [3.8, 4) is 5.75 Å². The number of benzene rings is 2. The summed E-state index contributed by atoms with van der Waals surface area (Å²) in [5.41, 5.74) is 0. The normalized spacial score (nSPS) is 10.4. The first-order chi connectivity index (χ1) is 5.77. The third kappa shape index (κ3) is 1.18. The molecule has 2 aromatic carbocycles. The van der Waals surface area contributed by atoms with Gasteiger partial charge in [0.2, 0.25) is 0 Å². The first-order valence-electron chi connectivity index (χ1n) is 3.63. The molecule has 0 fully saturated rings. The second kappa shape index (κ2) is 2.79. The highest BCUT2D eigenvalue weighted by molar-refractivity contribution is 9.10. The van der Waals surface area contributed by atoms with Gasteiger partial charge in [-0.2, -0.15) is 0 Å². The van der Waals surface area contributed by atoms with Crippen LogP contribution in [0.4, 0.5) is 0 Å². The molecule has 0 amide bonds. The van der Waals surface area contributed by atoms with E-state index in [4.69, 9.17) is 0 Å². The Bertz CT molecular complexity index is 423. The van der Waals surface area contributed by atoms with Crippen molar-refractivity contribution in [2.45, 2.75) is 0 Å². The van der Waals surface area contributed by atoms with Gasteiger partial charge in [-0.15, -0.1) is 0 Å². The molecule has 0 unspecified atom stereocenters. The summed E-state index contributed by atoms with van der Waals surface area (Å²) in [6.45, 7) is 0. The van der Waals surface area contributed by atoms with Crippen molar-refractivity contribution in [2.24, 2.45) is 0 Å². The maximum atomic E-state index is 11.1. The van der Waals surface area contributed by atoms with Crippen molar-refractivity contribution in [3.05, 3.63) is 40.9 Å². The van der Waals surface area contributed by atoms with Gasteiger partial charge >= 0.3 is 0 Å². The zero-order chi connectivity index (χ0) is 8.55. The van der Waals surface area contributed by atoms with E-state index in [0.717, 1.165) is 15.2 Å². The number of halogens is 1. The number of hydrogen-bond acceptors (Lipinski definition) is 0. The molecule has 0 N–H and O–H groups in total. The minimum absolute atomic E-state index is 0.0422. The largest absolute Gasteiger partial charge is 0.290 e. The van der Waals surface area contributed by atoms with Gasteiger partial charge in [-0.3, -0.25) is 5.11 Å². The maximum absolute atomic E-state index is 11.1. The summed E-state index contributed by atoms with van der Waals surface area (Å²) in [6.07, 6.45) is 0. The third-order valence-electron chi connectivity index (χ3n) is 1.78. The zero-order valence-corrected chi connectivity index (χ0v) is 7.84. The van der Waals surface area contributed by atoms with Crippen LogP contribution in [0.2, 0.25) is 0 Å². The Kier molecular flexibility index (Phi) is 1.77. The van der Waals surface area contributed by atoms with Crippen LogP contribution in [0, 0.1) is 0 Å². The van der Waals surface area contributed by atoms with Crippen LogP contribution in [-0.2, 0) is 5.11 Å². The lowest BCUT2D eigenvalue weighted by atomic mass is 10.1. The molecule has 0 bridgehead atoms. The monoisotopic (exact) mass is 221 g/mol. The van der Waals surface area contributed by atoms with Crippen LogP contribution in [0.5, 0.6) is 5.75 Å². The molecule has 59 valence electrons. The molecular weight excluding hydrogens is 216 g/mol. The van der Waals surface area contributed by atoms with Gasteiger partial charge < -0.3 is 0 Å². The summed E-state index contributed by atoms with van der Waals surface area (Å²) >= 11 is 3.35. The quantitative estimate of drug-likeness (QED) is 0.646. The van der Waals surface area contributed by atoms with Gasteiger partial charge in [0.15, 0.2) is 5.75 Å². The predicted octanol–water partition coefficient (Wildman–Crippen LogP) is 3.75. The molecule has 2 aromatic rings. The summed E-state index contributed by atoms with van der Waals surface area (Å²) in [5.74, 6) is 0.0422. The molecule has 12 heavy (non-hydrogen) atoms. The van der Waals surface area contributed by atoms with Crippen molar-refractivity contribution in [2.75, 3.05) is 0 Å². The lowest BCUT2D eigenvalue weighted by Crippen LogP contribution is -1.72. The van der Waals surface area contributed by atoms with Crippen LogP contribution in [0.25, 0.3) is 10.8 Å². The number of rotatable bonds is 0. The lowest BCUT2D eigenvalue weighted by Gasteiger charge is -1.99. The Morgan fingerprint density at radius 1 is 1.08 bits per heavy atom. The highest BCUT2D eigenvalue weighted by Crippen LogP contribution is 2.28. The van der Waals surface area contributed by atoms with E-state index < -0.39 is 0 Å². The summed E-state index contributed by atoms with van der Waals surface area (Å²) in [4.78, 5) is 0. The molecule has 2 rings (SSSR count). The Hall–Kier alpha value is -1.02. The van der Waals surface area contributed by atoms with E-state index in [-0.39, 0.29) is 5.75 Å². The van der Waals surface area contributed by atoms with Crippen LogP contribution in [0.3, 0.4) is 0 Å². The lowest BCUT2D eigenvalue weighted by molar-refractivity contribution is 0.355. The molecule has 0 atom stereocenters. The van der Waals surface area contributed by atoms with Crippen molar-refractivity contribution >= 4 is 26.7 Å². The molecule has 0 aromatic heterocycles. The molecule has 0 saturated heterocycles. The van der Waals surface area contributed by atoms with Gasteiger partial charge in [0.05, 0.1) is 0 Å². The van der Waals surface area contributed by atoms with Gasteiger partial charge in [0, 0.05) is 10.5 Å². The third-order valence-corrected chi connectivity index (χ3v) is 2.44. The van der Waals surface area contributed by atoms with Gasteiger partial charge in [-0.1, -0.05) is 40.2 Å². The van der Waals surface area contributed by atoms with Crippen LogP contribution in [0.1, 0.15) is 0 Å².